The van der Waals surface area contributed by atoms with E-state index < -0.39 is 0 Å². The Bertz CT molecular complexity index is 854. The van der Waals surface area contributed by atoms with Crippen LogP contribution in [0.15, 0.2) is 42.5 Å². The van der Waals surface area contributed by atoms with Crippen molar-refractivity contribution >= 4 is 29.0 Å². The van der Waals surface area contributed by atoms with Crippen LogP contribution in [-0.4, -0.2) is 18.5 Å². The lowest BCUT2D eigenvalue weighted by molar-refractivity contribution is -0.122. The molecule has 2 aromatic carbocycles. The van der Waals surface area contributed by atoms with Gasteiger partial charge in [0, 0.05) is 29.5 Å². The molecule has 0 saturated heterocycles. The van der Waals surface area contributed by atoms with Crippen LogP contribution in [0.4, 0.5) is 21.9 Å². The van der Waals surface area contributed by atoms with E-state index in [2.05, 4.69) is 10.6 Å². The number of nitrogens with one attached hydrogen (secondary N) is 2. The van der Waals surface area contributed by atoms with Crippen molar-refractivity contribution in [2.24, 2.45) is 5.92 Å². The number of benzene rings is 2. The fourth-order valence-corrected chi connectivity index (χ4v) is 4.01. The number of fused-ring (bicyclic) bond motifs is 1. The third kappa shape index (κ3) is 3.82. The van der Waals surface area contributed by atoms with Gasteiger partial charge in [0.25, 0.3) is 0 Å². The highest BCUT2D eigenvalue weighted by molar-refractivity contribution is 6.01. The van der Waals surface area contributed by atoms with Crippen molar-refractivity contribution in [3.05, 3.63) is 53.6 Å². The van der Waals surface area contributed by atoms with E-state index in [-0.39, 0.29) is 17.9 Å². The highest BCUT2D eigenvalue weighted by Crippen LogP contribution is 2.35. The van der Waals surface area contributed by atoms with E-state index in [0.717, 1.165) is 55.6 Å². The summed E-state index contributed by atoms with van der Waals surface area (Å²) < 4.78 is 0. The minimum absolute atomic E-state index is 0.164. The van der Waals surface area contributed by atoms with Crippen molar-refractivity contribution in [1.29, 1.82) is 0 Å². The molecule has 3 amide bonds. The Balaban J connectivity index is 1.45. The summed E-state index contributed by atoms with van der Waals surface area (Å²) in [6.45, 7) is 2.75. The Kier molecular flexibility index (Phi) is 4.84. The van der Waals surface area contributed by atoms with E-state index in [9.17, 15) is 9.59 Å². The van der Waals surface area contributed by atoms with Crippen LogP contribution in [0.25, 0.3) is 0 Å². The molecule has 0 atom stereocenters. The molecule has 5 heteroatoms. The smallest absolute Gasteiger partial charge is 0.312 e. The Hall–Kier alpha value is -2.82. The number of rotatable bonds is 3. The number of amides is 3. The van der Waals surface area contributed by atoms with E-state index in [4.69, 9.17) is 0 Å². The molecule has 1 aliphatic heterocycles. The van der Waals surface area contributed by atoms with E-state index in [1.54, 1.807) is 0 Å². The molecule has 1 fully saturated rings. The first-order chi connectivity index (χ1) is 13.1. The summed E-state index contributed by atoms with van der Waals surface area (Å²) in [7, 11) is 0. The SMILES string of the molecule is Cc1ccc(NC(=O)Nc2ccc3c(c2)N(C(=O)C2CCCC2)CC3)cc1. The average Bonchev–Trinajstić information content (AvgIpc) is 3.32. The summed E-state index contributed by atoms with van der Waals surface area (Å²) >= 11 is 0. The second-order valence-corrected chi connectivity index (χ2v) is 7.51. The van der Waals surface area contributed by atoms with Gasteiger partial charge < -0.3 is 15.5 Å². The van der Waals surface area contributed by atoms with Crippen LogP contribution in [0.2, 0.25) is 0 Å². The molecule has 1 aliphatic carbocycles. The minimum Gasteiger partial charge on any atom is -0.312 e. The summed E-state index contributed by atoms with van der Waals surface area (Å²) in [5.74, 6) is 0.407. The van der Waals surface area contributed by atoms with Crippen LogP contribution in [-0.2, 0) is 11.2 Å². The maximum atomic E-state index is 12.8. The summed E-state index contributed by atoms with van der Waals surface area (Å²) in [4.78, 5) is 27.0. The molecule has 5 nitrogen and oxygen atoms in total. The maximum Gasteiger partial charge on any atom is 0.323 e. The number of urea groups is 1. The fraction of sp³-hybridized carbons (Fsp3) is 0.364. The second kappa shape index (κ2) is 7.43. The molecular weight excluding hydrogens is 338 g/mol. The van der Waals surface area contributed by atoms with Gasteiger partial charge in [-0.3, -0.25) is 4.79 Å². The Labute approximate surface area is 159 Å². The van der Waals surface area contributed by atoms with Crippen LogP contribution in [0, 0.1) is 12.8 Å². The normalized spacial score (nSPS) is 16.3. The lowest BCUT2D eigenvalue weighted by Crippen LogP contribution is -2.33. The first-order valence-corrected chi connectivity index (χ1v) is 9.69. The van der Waals surface area contributed by atoms with Crippen LogP contribution < -0.4 is 15.5 Å². The van der Waals surface area contributed by atoms with Crippen LogP contribution in [0.3, 0.4) is 0 Å². The number of hydrogen-bond acceptors (Lipinski definition) is 2. The van der Waals surface area contributed by atoms with Gasteiger partial charge in [0.05, 0.1) is 0 Å². The first-order valence-electron chi connectivity index (χ1n) is 9.69. The molecule has 2 N–H and O–H groups in total. The van der Waals surface area contributed by atoms with Gasteiger partial charge in [-0.15, -0.1) is 0 Å². The van der Waals surface area contributed by atoms with E-state index >= 15 is 0 Å². The van der Waals surface area contributed by atoms with Gasteiger partial charge in [-0.25, -0.2) is 4.79 Å². The van der Waals surface area contributed by atoms with E-state index in [1.165, 1.54) is 5.56 Å². The molecule has 2 aliphatic rings. The summed E-state index contributed by atoms with van der Waals surface area (Å²) in [5, 5.41) is 5.71. The lowest BCUT2D eigenvalue weighted by atomic mass is 10.1. The Morgan fingerprint density at radius 3 is 2.37 bits per heavy atom. The molecule has 0 unspecified atom stereocenters. The molecule has 4 rings (SSSR count). The Morgan fingerprint density at radius 2 is 1.63 bits per heavy atom. The van der Waals surface area contributed by atoms with Gasteiger partial charge in [-0.1, -0.05) is 36.6 Å². The van der Waals surface area contributed by atoms with Gasteiger partial charge in [0.15, 0.2) is 0 Å². The second-order valence-electron chi connectivity index (χ2n) is 7.51. The van der Waals surface area contributed by atoms with Gasteiger partial charge in [0.2, 0.25) is 5.91 Å². The van der Waals surface area contributed by atoms with Crippen molar-refractivity contribution in [2.45, 2.75) is 39.0 Å². The largest absolute Gasteiger partial charge is 0.323 e. The highest BCUT2D eigenvalue weighted by atomic mass is 16.2. The standard InChI is InChI=1S/C22H25N3O2/c1-15-6-9-18(10-7-15)23-22(27)24-19-11-8-16-12-13-25(20(16)14-19)21(26)17-4-2-3-5-17/h6-11,14,17H,2-5,12-13H2,1H3,(H2,23,24,27). The molecule has 1 heterocycles. The summed E-state index contributed by atoms with van der Waals surface area (Å²) in [6, 6.07) is 13.2. The molecule has 2 aromatic rings. The van der Waals surface area contributed by atoms with E-state index in [0.29, 0.717) is 5.69 Å². The topological polar surface area (TPSA) is 61.4 Å². The molecule has 0 bridgehead atoms. The summed E-state index contributed by atoms with van der Waals surface area (Å²) in [5.41, 5.74) is 4.71. The fourth-order valence-electron chi connectivity index (χ4n) is 4.01. The third-order valence-corrected chi connectivity index (χ3v) is 5.52. The quantitative estimate of drug-likeness (QED) is 0.829. The minimum atomic E-state index is -0.287. The monoisotopic (exact) mass is 363 g/mol. The maximum absolute atomic E-state index is 12.8. The molecule has 140 valence electrons. The number of aryl methyl sites for hydroxylation is 1. The van der Waals surface area contributed by atoms with Crippen LogP contribution in [0.5, 0.6) is 0 Å². The highest BCUT2D eigenvalue weighted by Gasteiger charge is 2.31. The molecule has 0 aromatic heterocycles. The van der Waals surface area contributed by atoms with E-state index in [1.807, 2.05) is 54.3 Å². The summed E-state index contributed by atoms with van der Waals surface area (Å²) in [6.07, 6.45) is 5.18. The van der Waals surface area contributed by atoms with Gasteiger partial charge in [-0.2, -0.15) is 0 Å². The third-order valence-electron chi connectivity index (χ3n) is 5.52. The van der Waals surface area contributed by atoms with Crippen molar-refractivity contribution in [3.8, 4) is 0 Å². The molecule has 0 spiro atoms. The number of nitrogens with zero attached hydrogens (tertiary/aromatic N) is 1. The van der Waals surface area contributed by atoms with Gasteiger partial charge >= 0.3 is 6.03 Å². The predicted octanol–water partition coefficient (Wildman–Crippen LogP) is 4.72. The van der Waals surface area contributed by atoms with Gasteiger partial charge in [-0.05, 0) is 56.0 Å². The molecule has 0 radical (unpaired) electrons. The zero-order chi connectivity index (χ0) is 18.8. The van der Waals surface area contributed by atoms with Crippen molar-refractivity contribution < 1.29 is 9.59 Å². The number of carbonyl (C=O) groups is 2. The average molecular weight is 363 g/mol. The zero-order valence-electron chi connectivity index (χ0n) is 15.6. The zero-order valence-corrected chi connectivity index (χ0v) is 15.6. The molecular formula is C22H25N3O2. The molecule has 1 saturated carbocycles. The van der Waals surface area contributed by atoms with Gasteiger partial charge in [0.1, 0.15) is 0 Å². The lowest BCUT2D eigenvalue weighted by Gasteiger charge is -2.21. The van der Waals surface area contributed by atoms with Crippen molar-refractivity contribution in [2.75, 3.05) is 22.1 Å². The number of hydrogen-bond donors (Lipinski definition) is 2. The van der Waals surface area contributed by atoms with Crippen molar-refractivity contribution in [3.63, 3.8) is 0 Å². The number of carbonyl (C=O) groups excluding carboxylic acids is 2. The van der Waals surface area contributed by atoms with Crippen molar-refractivity contribution in [1.82, 2.24) is 0 Å². The number of anilines is 3. The predicted molar refractivity (Wildman–Crippen MR) is 108 cm³/mol. The van der Waals surface area contributed by atoms with Crippen LogP contribution in [0.1, 0.15) is 36.8 Å². The Morgan fingerprint density at radius 1 is 0.963 bits per heavy atom. The molecule has 27 heavy (non-hydrogen) atoms. The first kappa shape index (κ1) is 17.6. The van der Waals surface area contributed by atoms with Crippen LogP contribution >= 0.6 is 0 Å².